The van der Waals surface area contributed by atoms with Crippen molar-refractivity contribution in [2.24, 2.45) is 0 Å². The summed E-state index contributed by atoms with van der Waals surface area (Å²) in [5.41, 5.74) is 1.87. The Morgan fingerprint density at radius 1 is 0.913 bits per heavy atom. The topological polar surface area (TPSA) is 36.9 Å². The predicted molar refractivity (Wildman–Crippen MR) is 92.1 cm³/mol. The van der Waals surface area contributed by atoms with Gasteiger partial charge in [-0.25, -0.2) is 0 Å². The van der Waals surface area contributed by atoms with E-state index in [2.05, 4.69) is 25.1 Å². The highest BCUT2D eigenvalue weighted by atomic mass is 16.5. The molecule has 0 N–H and O–H groups in total. The van der Waals surface area contributed by atoms with E-state index in [1.165, 1.54) is 0 Å². The van der Waals surface area contributed by atoms with Gasteiger partial charge in [0.15, 0.2) is 11.5 Å². The van der Waals surface area contributed by atoms with Gasteiger partial charge in [0, 0.05) is 16.3 Å². The van der Waals surface area contributed by atoms with Crippen LogP contribution < -0.4 is 18.9 Å². The Bertz CT molecular complexity index is 803. The van der Waals surface area contributed by atoms with Gasteiger partial charge in [-0.3, -0.25) is 0 Å². The lowest BCUT2D eigenvalue weighted by Crippen LogP contribution is -2.27. The van der Waals surface area contributed by atoms with Gasteiger partial charge in [-0.1, -0.05) is 6.08 Å². The molecule has 0 atom stereocenters. The van der Waals surface area contributed by atoms with Gasteiger partial charge in [0.05, 0.1) is 21.3 Å². The van der Waals surface area contributed by atoms with Crippen molar-refractivity contribution < 1.29 is 18.9 Å². The Morgan fingerprint density at radius 3 is 2.22 bits per heavy atom. The zero-order valence-corrected chi connectivity index (χ0v) is 14.4. The van der Waals surface area contributed by atoms with Crippen molar-refractivity contribution in [3.05, 3.63) is 29.3 Å². The number of fused-ring (bicyclic) bond motifs is 3. The summed E-state index contributed by atoms with van der Waals surface area (Å²) in [7, 11) is 4.87. The quantitative estimate of drug-likeness (QED) is 0.843. The number of hydrogen-bond donors (Lipinski definition) is 0. The van der Waals surface area contributed by atoms with Gasteiger partial charge in [0.2, 0.25) is 5.75 Å². The Morgan fingerprint density at radius 2 is 1.61 bits per heavy atom. The molecule has 0 unspecified atom stereocenters. The summed E-state index contributed by atoms with van der Waals surface area (Å²) in [6.45, 7) is 6.15. The molecule has 0 bridgehead atoms. The molecule has 2 aromatic rings. The van der Waals surface area contributed by atoms with E-state index in [0.717, 1.165) is 27.6 Å². The van der Waals surface area contributed by atoms with Crippen LogP contribution in [0.3, 0.4) is 0 Å². The first-order valence-electron chi connectivity index (χ1n) is 7.56. The molecule has 1 aliphatic heterocycles. The molecule has 4 nitrogen and oxygen atoms in total. The van der Waals surface area contributed by atoms with E-state index in [4.69, 9.17) is 18.9 Å². The van der Waals surface area contributed by atoms with Gasteiger partial charge in [-0.2, -0.15) is 0 Å². The fourth-order valence-electron chi connectivity index (χ4n) is 3.03. The van der Waals surface area contributed by atoms with Crippen LogP contribution in [0.5, 0.6) is 23.0 Å². The van der Waals surface area contributed by atoms with Crippen LogP contribution >= 0.6 is 0 Å². The zero-order valence-electron chi connectivity index (χ0n) is 14.4. The third-order valence-corrected chi connectivity index (χ3v) is 4.16. The van der Waals surface area contributed by atoms with Crippen molar-refractivity contribution >= 4 is 16.8 Å². The molecule has 0 aliphatic carbocycles. The monoisotopic (exact) mass is 314 g/mol. The van der Waals surface area contributed by atoms with E-state index >= 15 is 0 Å². The molecule has 1 heterocycles. The third kappa shape index (κ3) is 2.38. The molecule has 0 aromatic heterocycles. The Hall–Kier alpha value is -2.36. The van der Waals surface area contributed by atoms with Crippen molar-refractivity contribution in [1.82, 2.24) is 0 Å². The maximum atomic E-state index is 6.25. The van der Waals surface area contributed by atoms with Crippen molar-refractivity contribution in [3.63, 3.8) is 0 Å². The fourth-order valence-corrected chi connectivity index (χ4v) is 3.03. The van der Waals surface area contributed by atoms with Gasteiger partial charge in [-0.15, -0.1) is 0 Å². The normalized spacial score (nSPS) is 15.0. The number of benzene rings is 2. The highest BCUT2D eigenvalue weighted by Crippen LogP contribution is 2.49. The van der Waals surface area contributed by atoms with Crippen LogP contribution in [0.4, 0.5) is 0 Å². The van der Waals surface area contributed by atoms with E-state index in [9.17, 15) is 0 Å². The van der Waals surface area contributed by atoms with Gasteiger partial charge in [-0.05, 0) is 44.5 Å². The first kappa shape index (κ1) is 15.5. The Kier molecular flexibility index (Phi) is 3.63. The number of rotatable bonds is 3. The SMILES string of the molecule is COc1cc2c3c(c(C)cc2c(OC)c1OC)C=CC(C)(C)O3. The fraction of sp³-hybridized carbons (Fsp3) is 0.368. The maximum Gasteiger partial charge on any atom is 0.203 e. The molecule has 0 radical (unpaired) electrons. The van der Waals surface area contributed by atoms with Crippen LogP contribution in [0.1, 0.15) is 25.0 Å². The number of ether oxygens (including phenoxy) is 4. The van der Waals surface area contributed by atoms with E-state index < -0.39 is 0 Å². The second-order valence-electron chi connectivity index (χ2n) is 6.22. The number of hydrogen-bond acceptors (Lipinski definition) is 4. The van der Waals surface area contributed by atoms with Crippen molar-refractivity contribution in [2.45, 2.75) is 26.4 Å². The Labute approximate surface area is 136 Å². The molecule has 4 heteroatoms. The molecule has 23 heavy (non-hydrogen) atoms. The van der Waals surface area contributed by atoms with Gasteiger partial charge < -0.3 is 18.9 Å². The minimum Gasteiger partial charge on any atom is -0.493 e. The lowest BCUT2D eigenvalue weighted by atomic mass is 9.94. The molecule has 1 aliphatic rings. The molecule has 3 rings (SSSR count). The average molecular weight is 314 g/mol. The molecule has 2 aromatic carbocycles. The molecule has 0 amide bonds. The van der Waals surface area contributed by atoms with Crippen LogP contribution in [0.15, 0.2) is 18.2 Å². The molecule has 0 spiro atoms. The average Bonchev–Trinajstić information content (AvgIpc) is 2.52. The summed E-state index contributed by atoms with van der Waals surface area (Å²) in [5, 5.41) is 1.91. The van der Waals surface area contributed by atoms with E-state index in [0.29, 0.717) is 17.2 Å². The summed E-state index contributed by atoms with van der Waals surface area (Å²) in [5.74, 6) is 2.72. The zero-order chi connectivity index (χ0) is 16.8. The van der Waals surface area contributed by atoms with Gasteiger partial charge in [0.25, 0.3) is 0 Å². The maximum absolute atomic E-state index is 6.25. The Balaban J connectivity index is 2.43. The molecular weight excluding hydrogens is 292 g/mol. The van der Waals surface area contributed by atoms with Crippen molar-refractivity contribution in [2.75, 3.05) is 21.3 Å². The molecule has 0 saturated heterocycles. The minimum absolute atomic E-state index is 0.353. The van der Waals surface area contributed by atoms with Crippen LogP contribution in [0, 0.1) is 6.92 Å². The lowest BCUT2D eigenvalue weighted by molar-refractivity contribution is 0.161. The van der Waals surface area contributed by atoms with E-state index in [-0.39, 0.29) is 5.60 Å². The largest absolute Gasteiger partial charge is 0.493 e. The van der Waals surface area contributed by atoms with Gasteiger partial charge >= 0.3 is 0 Å². The summed E-state index contributed by atoms with van der Waals surface area (Å²) in [4.78, 5) is 0. The van der Waals surface area contributed by atoms with E-state index in [1.807, 2.05) is 19.9 Å². The molecular formula is C19H22O4. The highest BCUT2D eigenvalue weighted by Gasteiger charge is 2.27. The van der Waals surface area contributed by atoms with Crippen molar-refractivity contribution in [1.29, 1.82) is 0 Å². The lowest BCUT2D eigenvalue weighted by Gasteiger charge is -2.30. The molecule has 122 valence electrons. The van der Waals surface area contributed by atoms with Gasteiger partial charge in [0.1, 0.15) is 11.4 Å². The third-order valence-electron chi connectivity index (χ3n) is 4.16. The van der Waals surface area contributed by atoms with Crippen LogP contribution in [0.25, 0.3) is 16.8 Å². The van der Waals surface area contributed by atoms with Crippen LogP contribution in [0.2, 0.25) is 0 Å². The first-order chi connectivity index (χ1) is 10.9. The smallest absolute Gasteiger partial charge is 0.203 e. The second-order valence-corrected chi connectivity index (χ2v) is 6.22. The highest BCUT2D eigenvalue weighted by molar-refractivity contribution is 6.00. The first-order valence-corrected chi connectivity index (χ1v) is 7.56. The standard InChI is InChI=1S/C19H22O4/c1-11-9-13-14(16-12(11)7-8-19(2,3)23-16)10-15(20-4)18(22-6)17(13)21-5/h7-10H,1-6H3. The summed E-state index contributed by atoms with van der Waals surface area (Å²) in [6.07, 6.45) is 4.20. The predicted octanol–water partition coefficient (Wildman–Crippen LogP) is 4.36. The number of methoxy groups -OCH3 is 3. The molecule has 0 fully saturated rings. The van der Waals surface area contributed by atoms with Crippen LogP contribution in [-0.2, 0) is 0 Å². The second kappa shape index (κ2) is 5.37. The minimum atomic E-state index is -0.353. The number of aryl methyl sites for hydroxylation is 1. The summed E-state index contributed by atoms with van der Waals surface area (Å²) < 4.78 is 22.8. The van der Waals surface area contributed by atoms with Crippen molar-refractivity contribution in [3.8, 4) is 23.0 Å². The molecule has 0 saturated carbocycles. The summed E-state index contributed by atoms with van der Waals surface area (Å²) in [6, 6.07) is 4.05. The van der Waals surface area contributed by atoms with Crippen LogP contribution in [-0.4, -0.2) is 26.9 Å². The summed E-state index contributed by atoms with van der Waals surface area (Å²) >= 11 is 0. The van der Waals surface area contributed by atoms with E-state index in [1.54, 1.807) is 21.3 Å².